The fourth-order valence-corrected chi connectivity index (χ4v) is 1.18. The van der Waals surface area contributed by atoms with Gasteiger partial charge in [0.1, 0.15) is 6.04 Å². The lowest BCUT2D eigenvalue weighted by Gasteiger charge is -2.13. The number of aliphatic hydroxyl groups excluding tert-OH is 1. The van der Waals surface area contributed by atoms with E-state index in [2.05, 4.69) is 0 Å². The summed E-state index contributed by atoms with van der Waals surface area (Å²) in [7, 11) is 0. The van der Waals surface area contributed by atoms with Crippen LogP contribution in [0.1, 0.15) is 6.42 Å². The van der Waals surface area contributed by atoms with Crippen molar-refractivity contribution in [1.29, 1.82) is 0 Å². The molecule has 1 saturated heterocycles. The Bertz CT molecular complexity index is 183. The minimum Gasteiger partial charge on any atom is -0.391 e. The maximum Gasteiger partial charge on any atom is 0.312 e. The van der Waals surface area contributed by atoms with E-state index in [1.807, 2.05) is 0 Å². The Labute approximate surface area is 63.8 Å². The third kappa shape index (κ3) is 1.48. The number of aliphatic hydroxyl groups is 1. The first-order valence-electron chi connectivity index (χ1n) is 3.27. The van der Waals surface area contributed by atoms with Crippen molar-refractivity contribution in [2.75, 3.05) is 6.54 Å². The van der Waals surface area contributed by atoms with E-state index in [1.54, 1.807) is 6.41 Å². The van der Waals surface area contributed by atoms with Crippen LogP contribution >= 0.6 is 0 Å². The molecule has 1 radical (unpaired) electrons. The third-order valence-electron chi connectivity index (χ3n) is 1.72. The molecule has 3 N–H and O–H groups in total. The summed E-state index contributed by atoms with van der Waals surface area (Å²) in [5.74, 6) is -0.593. The van der Waals surface area contributed by atoms with E-state index in [0.717, 1.165) is 4.90 Å². The number of nitrogens with zero attached hydrogens (tertiary/aromatic N) is 1. The quantitative estimate of drug-likeness (QED) is 0.485. The monoisotopic (exact) mass is 157 g/mol. The molecule has 5 heteroatoms. The van der Waals surface area contributed by atoms with Crippen LogP contribution in [0.4, 0.5) is 0 Å². The summed E-state index contributed by atoms with van der Waals surface area (Å²) in [5, 5.41) is 9.02. The zero-order valence-corrected chi connectivity index (χ0v) is 5.86. The maximum absolute atomic E-state index is 10.6. The van der Waals surface area contributed by atoms with Crippen molar-refractivity contribution in [3.63, 3.8) is 0 Å². The number of hydrogen-bond donors (Lipinski definition) is 2. The number of carbonyl (C=O) groups is 1. The number of hydrogen-bond acceptors (Lipinski definition) is 3. The van der Waals surface area contributed by atoms with Gasteiger partial charge in [-0.25, -0.2) is 0 Å². The molecule has 1 fully saturated rings. The molecule has 0 bridgehead atoms. The van der Waals surface area contributed by atoms with Crippen LogP contribution in [-0.2, 0) is 9.59 Å². The van der Waals surface area contributed by atoms with E-state index in [9.17, 15) is 9.59 Å². The molecule has 0 aromatic heterocycles. The molecule has 1 heterocycles. The van der Waals surface area contributed by atoms with Crippen LogP contribution in [-0.4, -0.2) is 41.0 Å². The molecule has 1 aliphatic heterocycles. The van der Waals surface area contributed by atoms with Gasteiger partial charge in [0.05, 0.1) is 6.10 Å². The van der Waals surface area contributed by atoms with Crippen molar-refractivity contribution in [1.82, 2.24) is 4.90 Å². The zero-order chi connectivity index (χ0) is 8.43. The molecule has 0 saturated carbocycles. The van der Waals surface area contributed by atoms with Gasteiger partial charge >= 0.3 is 6.41 Å². The van der Waals surface area contributed by atoms with Crippen LogP contribution in [0.5, 0.6) is 0 Å². The number of nitrogens with two attached hydrogens (primary N) is 1. The number of rotatable bonds is 2. The molecule has 0 unspecified atom stereocenters. The molecule has 5 nitrogen and oxygen atoms in total. The van der Waals surface area contributed by atoms with E-state index >= 15 is 0 Å². The second kappa shape index (κ2) is 2.87. The molecule has 2 amide bonds. The van der Waals surface area contributed by atoms with E-state index in [1.165, 1.54) is 0 Å². The van der Waals surface area contributed by atoms with Crippen molar-refractivity contribution in [3.05, 3.63) is 0 Å². The molecule has 0 aromatic rings. The molecular formula is C6H9N2O3. The van der Waals surface area contributed by atoms with Crippen LogP contribution < -0.4 is 5.73 Å². The first kappa shape index (κ1) is 8.00. The molecule has 0 spiro atoms. The smallest absolute Gasteiger partial charge is 0.312 e. The Morgan fingerprint density at radius 2 is 2.36 bits per heavy atom. The Balaban J connectivity index is 2.64. The van der Waals surface area contributed by atoms with Crippen LogP contribution in [0, 0.1) is 0 Å². The minimum absolute atomic E-state index is 0.150. The van der Waals surface area contributed by atoms with Gasteiger partial charge in [0.25, 0.3) is 0 Å². The van der Waals surface area contributed by atoms with Gasteiger partial charge in [0.15, 0.2) is 0 Å². The van der Waals surface area contributed by atoms with Crippen molar-refractivity contribution in [3.8, 4) is 0 Å². The van der Waals surface area contributed by atoms with Crippen molar-refractivity contribution in [2.45, 2.75) is 18.6 Å². The SMILES string of the molecule is NC(=O)[C@@H]1C[C@@H](O)CN1[C]=O. The topological polar surface area (TPSA) is 83.6 Å². The van der Waals surface area contributed by atoms with Gasteiger partial charge in [-0.05, 0) is 0 Å². The first-order valence-corrected chi connectivity index (χ1v) is 3.27. The summed E-state index contributed by atoms with van der Waals surface area (Å²) in [4.78, 5) is 21.8. The Kier molecular flexibility index (Phi) is 2.09. The highest BCUT2D eigenvalue weighted by atomic mass is 16.3. The molecule has 0 aliphatic carbocycles. The molecule has 11 heavy (non-hydrogen) atoms. The number of primary amides is 1. The van der Waals surface area contributed by atoms with E-state index in [4.69, 9.17) is 10.8 Å². The summed E-state index contributed by atoms with van der Waals surface area (Å²) in [5.41, 5.74) is 4.96. The third-order valence-corrected chi connectivity index (χ3v) is 1.72. The zero-order valence-electron chi connectivity index (χ0n) is 5.86. The highest BCUT2D eigenvalue weighted by molar-refractivity contribution is 5.82. The lowest BCUT2D eigenvalue weighted by molar-refractivity contribution is -0.121. The summed E-state index contributed by atoms with van der Waals surface area (Å²) < 4.78 is 0. The first-order chi connectivity index (χ1) is 5.15. The highest BCUT2D eigenvalue weighted by Gasteiger charge is 2.34. The van der Waals surface area contributed by atoms with Crippen LogP contribution in [0.15, 0.2) is 0 Å². The largest absolute Gasteiger partial charge is 0.391 e. The molecule has 1 aliphatic rings. The average Bonchev–Trinajstić information content (AvgIpc) is 2.30. The molecule has 1 rings (SSSR count). The fraction of sp³-hybridized carbons (Fsp3) is 0.667. The number of likely N-dealkylation sites (tertiary alicyclic amines) is 1. The van der Waals surface area contributed by atoms with Gasteiger partial charge in [0, 0.05) is 13.0 Å². The van der Waals surface area contributed by atoms with Gasteiger partial charge < -0.3 is 15.7 Å². The van der Waals surface area contributed by atoms with E-state index in [-0.39, 0.29) is 13.0 Å². The van der Waals surface area contributed by atoms with Crippen LogP contribution in [0.25, 0.3) is 0 Å². The lowest BCUT2D eigenvalue weighted by atomic mass is 10.2. The lowest BCUT2D eigenvalue weighted by Crippen LogP contribution is -2.39. The van der Waals surface area contributed by atoms with Gasteiger partial charge in [-0.1, -0.05) is 0 Å². The van der Waals surface area contributed by atoms with E-state index in [0.29, 0.717) is 0 Å². The summed E-state index contributed by atoms with van der Waals surface area (Å²) in [6, 6.07) is -0.678. The molecular weight excluding hydrogens is 148 g/mol. The minimum atomic E-state index is -0.678. The average molecular weight is 157 g/mol. The summed E-state index contributed by atoms with van der Waals surface area (Å²) >= 11 is 0. The Hall–Kier alpha value is -1.10. The number of carbonyl (C=O) groups excluding carboxylic acids is 2. The van der Waals surface area contributed by atoms with Gasteiger partial charge in [-0.2, -0.15) is 0 Å². The predicted octanol–water partition coefficient (Wildman–Crippen LogP) is -2.03. The fourth-order valence-electron chi connectivity index (χ4n) is 1.18. The summed E-state index contributed by atoms with van der Waals surface area (Å²) in [6.45, 7) is 0.150. The predicted molar refractivity (Wildman–Crippen MR) is 36.0 cm³/mol. The Morgan fingerprint density at radius 1 is 1.73 bits per heavy atom. The van der Waals surface area contributed by atoms with Crippen molar-refractivity contribution < 1.29 is 14.7 Å². The van der Waals surface area contributed by atoms with E-state index < -0.39 is 18.1 Å². The van der Waals surface area contributed by atoms with Crippen LogP contribution in [0.2, 0.25) is 0 Å². The standard InChI is InChI=1S/C6H9N2O3/c7-6(11)5-1-4(10)2-8(5)3-9/h4-5,10H,1-2H2,(H2,7,11)/t4-,5+/m1/s1. The van der Waals surface area contributed by atoms with Gasteiger partial charge in [-0.3, -0.25) is 9.59 Å². The number of β-amino-alcohol motifs (C(OH)–C–C–N with tert-alkyl or cyclic N) is 1. The van der Waals surface area contributed by atoms with Gasteiger partial charge in [0.2, 0.25) is 5.91 Å². The Morgan fingerprint density at radius 3 is 2.73 bits per heavy atom. The maximum atomic E-state index is 10.6. The van der Waals surface area contributed by atoms with Gasteiger partial charge in [-0.15, -0.1) is 0 Å². The second-order valence-corrected chi connectivity index (χ2v) is 2.55. The highest BCUT2D eigenvalue weighted by Crippen LogP contribution is 2.14. The normalized spacial score (nSPS) is 30.5. The summed E-state index contributed by atoms with van der Waals surface area (Å²) in [6.07, 6.45) is 1.13. The number of amides is 2. The van der Waals surface area contributed by atoms with Crippen LogP contribution in [0.3, 0.4) is 0 Å². The van der Waals surface area contributed by atoms with Crippen molar-refractivity contribution >= 4 is 12.3 Å². The molecule has 2 atom stereocenters. The van der Waals surface area contributed by atoms with Crippen molar-refractivity contribution in [2.24, 2.45) is 5.73 Å². The second-order valence-electron chi connectivity index (χ2n) is 2.55. The molecule has 0 aromatic carbocycles. The molecule has 61 valence electrons.